The second-order valence-corrected chi connectivity index (χ2v) is 4.20. The molecule has 14 heavy (non-hydrogen) atoms. The van der Waals surface area contributed by atoms with E-state index in [0.29, 0.717) is 0 Å². The molecule has 0 aliphatic carbocycles. The zero-order valence-corrected chi connectivity index (χ0v) is 9.52. The fourth-order valence-corrected chi connectivity index (χ4v) is 1.74. The first-order valence-electron chi connectivity index (χ1n) is 5.06. The van der Waals surface area contributed by atoms with Crippen LogP contribution in [0.25, 0.3) is 0 Å². The molecule has 78 valence electrons. The van der Waals surface area contributed by atoms with Crippen LogP contribution in [0.5, 0.6) is 0 Å². The van der Waals surface area contributed by atoms with Crippen molar-refractivity contribution >= 4 is 17.4 Å². The van der Waals surface area contributed by atoms with Gasteiger partial charge in [-0.1, -0.05) is 6.42 Å². The number of unbranched alkanes of at least 4 members (excludes halogenated alkanes) is 2. The Balaban J connectivity index is 1.99. The van der Waals surface area contributed by atoms with Crippen molar-refractivity contribution < 1.29 is 0 Å². The molecule has 3 heteroatoms. The molecule has 0 aromatic carbocycles. The summed E-state index contributed by atoms with van der Waals surface area (Å²) >= 11 is 1.93. The number of pyridine rings is 1. The summed E-state index contributed by atoms with van der Waals surface area (Å²) in [5.74, 6) is 1.29. The van der Waals surface area contributed by atoms with Gasteiger partial charge in [0.2, 0.25) is 0 Å². The van der Waals surface area contributed by atoms with Crippen LogP contribution in [-0.4, -0.2) is 23.5 Å². The second kappa shape index (κ2) is 7.68. The van der Waals surface area contributed by atoms with Gasteiger partial charge < -0.3 is 5.32 Å². The van der Waals surface area contributed by atoms with Gasteiger partial charge in [0.25, 0.3) is 0 Å². The molecule has 1 N–H and O–H groups in total. The number of rotatable bonds is 7. The Bertz CT molecular complexity index is 226. The van der Waals surface area contributed by atoms with Crippen LogP contribution >= 0.6 is 11.8 Å². The van der Waals surface area contributed by atoms with Crippen molar-refractivity contribution in [3.8, 4) is 0 Å². The van der Waals surface area contributed by atoms with E-state index in [1.54, 1.807) is 0 Å². The summed E-state index contributed by atoms with van der Waals surface area (Å²) < 4.78 is 0. The first-order valence-corrected chi connectivity index (χ1v) is 6.45. The van der Waals surface area contributed by atoms with Crippen molar-refractivity contribution in [1.82, 2.24) is 4.98 Å². The van der Waals surface area contributed by atoms with E-state index in [4.69, 9.17) is 0 Å². The minimum Gasteiger partial charge on any atom is -0.385 e. The van der Waals surface area contributed by atoms with E-state index in [2.05, 4.69) is 16.6 Å². The average molecular weight is 210 g/mol. The number of hydrogen-bond donors (Lipinski definition) is 1. The Kier molecular flexibility index (Phi) is 6.24. The maximum atomic E-state index is 3.97. The average Bonchev–Trinajstić information content (AvgIpc) is 2.25. The number of nitrogens with one attached hydrogen (secondary N) is 1. The predicted octanol–water partition coefficient (Wildman–Crippen LogP) is 3.03. The van der Waals surface area contributed by atoms with E-state index in [-0.39, 0.29) is 0 Å². The molecule has 0 spiro atoms. The molecular weight excluding hydrogens is 192 g/mol. The van der Waals surface area contributed by atoms with Gasteiger partial charge in [-0.05, 0) is 37.0 Å². The lowest BCUT2D eigenvalue weighted by Gasteiger charge is -2.04. The Morgan fingerprint density at radius 1 is 1.21 bits per heavy atom. The molecule has 1 rings (SSSR count). The van der Waals surface area contributed by atoms with Gasteiger partial charge in [-0.2, -0.15) is 11.8 Å². The van der Waals surface area contributed by atoms with Crippen molar-refractivity contribution in [2.45, 2.75) is 19.3 Å². The largest absolute Gasteiger partial charge is 0.385 e. The monoisotopic (exact) mass is 210 g/mol. The highest BCUT2D eigenvalue weighted by atomic mass is 32.2. The molecule has 0 amide bonds. The zero-order valence-electron chi connectivity index (χ0n) is 8.70. The van der Waals surface area contributed by atoms with Gasteiger partial charge in [0.1, 0.15) is 0 Å². The molecule has 0 atom stereocenters. The second-order valence-electron chi connectivity index (χ2n) is 3.22. The van der Waals surface area contributed by atoms with E-state index in [1.165, 1.54) is 30.7 Å². The van der Waals surface area contributed by atoms with Gasteiger partial charge in [0.05, 0.1) is 0 Å². The highest BCUT2D eigenvalue weighted by Crippen LogP contribution is 2.05. The lowest BCUT2D eigenvalue weighted by Crippen LogP contribution is -2.01. The normalized spacial score (nSPS) is 10.1. The molecule has 0 saturated heterocycles. The summed E-state index contributed by atoms with van der Waals surface area (Å²) in [5, 5.41) is 3.37. The molecule has 0 bridgehead atoms. The molecule has 0 aliphatic rings. The molecule has 1 aromatic rings. The van der Waals surface area contributed by atoms with E-state index in [9.17, 15) is 0 Å². The van der Waals surface area contributed by atoms with Crippen LogP contribution in [0.3, 0.4) is 0 Å². The summed E-state index contributed by atoms with van der Waals surface area (Å²) in [6, 6.07) is 4.00. The van der Waals surface area contributed by atoms with Gasteiger partial charge in [0.15, 0.2) is 0 Å². The van der Waals surface area contributed by atoms with E-state index in [1.807, 2.05) is 36.3 Å². The molecule has 0 aliphatic heterocycles. The Labute approximate surface area is 90.5 Å². The first-order chi connectivity index (χ1) is 6.93. The van der Waals surface area contributed by atoms with Crippen molar-refractivity contribution in [1.29, 1.82) is 0 Å². The topological polar surface area (TPSA) is 24.9 Å². The smallest absolute Gasteiger partial charge is 0.0371 e. The number of nitrogens with zero attached hydrogens (tertiary/aromatic N) is 1. The molecule has 0 saturated carbocycles. The summed E-state index contributed by atoms with van der Waals surface area (Å²) in [7, 11) is 0. The fraction of sp³-hybridized carbons (Fsp3) is 0.545. The minimum atomic E-state index is 1.07. The Morgan fingerprint density at radius 2 is 2.00 bits per heavy atom. The van der Waals surface area contributed by atoms with Gasteiger partial charge in [-0.25, -0.2) is 0 Å². The van der Waals surface area contributed by atoms with Gasteiger partial charge in [-0.3, -0.25) is 4.98 Å². The van der Waals surface area contributed by atoms with Crippen LogP contribution < -0.4 is 5.32 Å². The molecule has 1 heterocycles. The highest BCUT2D eigenvalue weighted by molar-refractivity contribution is 7.98. The third-order valence-corrected chi connectivity index (χ3v) is 2.73. The fourth-order valence-electron chi connectivity index (χ4n) is 1.25. The quantitative estimate of drug-likeness (QED) is 0.700. The molecule has 0 radical (unpaired) electrons. The standard InChI is InChI=1S/C11H18N2S/c1-14-10-4-2-3-7-13-11-5-8-12-9-6-11/h5-6,8-9H,2-4,7,10H2,1H3,(H,12,13). The molecule has 0 fully saturated rings. The van der Waals surface area contributed by atoms with Crippen LogP contribution in [0, 0.1) is 0 Å². The lowest BCUT2D eigenvalue weighted by atomic mass is 10.2. The van der Waals surface area contributed by atoms with Gasteiger partial charge in [0, 0.05) is 24.6 Å². The van der Waals surface area contributed by atoms with E-state index >= 15 is 0 Å². The Hall–Kier alpha value is -0.700. The molecule has 0 unspecified atom stereocenters. The van der Waals surface area contributed by atoms with Crippen LogP contribution in [0.2, 0.25) is 0 Å². The van der Waals surface area contributed by atoms with Crippen LogP contribution in [0.4, 0.5) is 5.69 Å². The summed E-state index contributed by atoms with van der Waals surface area (Å²) in [5.41, 5.74) is 1.17. The van der Waals surface area contributed by atoms with Crippen LogP contribution in [0.1, 0.15) is 19.3 Å². The van der Waals surface area contributed by atoms with Gasteiger partial charge >= 0.3 is 0 Å². The number of anilines is 1. The van der Waals surface area contributed by atoms with E-state index < -0.39 is 0 Å². The number of hydrogen-bond acceptors (Lipinski definition) is 3. The SMILES string of the molecule is CSCCCCCNc1ccncc1. The number of aromatic nitrogens is 1. The Morgan fingerprint density at radius 3 is 2.71 bits per heavy atom. The number of thioether (sulfide) groups is 1. The van der Waals surface area contributed by atoms with Crippen molar-refractivity contribution in [3.63, 3.8) is 0 Å². The summed E-state index contributed by atoms with van der Waals surface area (Å²) in [4.78, 5) is 3.97. The lowest BCUT2D eigenvalue weighted by molar-refractivity contribution is 0.750. The van der Waals surface area contributed by atoms with Gasteiger partial charge in [-0.15, -0.1) is 0 Å². The van der Waals surface area contributed by atoms with Crippen molar-refractivity contribution in [3.05, 3.63) is 24.5 Å². The van der Waals surface area contributed by atoms with Crippen molar-refractivity contribution in [2.75, 3.05) is 23.9 Å². The van der Waals surface area contributed by atoms with E-state index in [0.717, 1.165) is 6.54 Å². The van der Waals surface area contributed by atoms with Crippen LogP contribution in [0.15, 0.2) is 24.5 Å². The maximum absolute atomic E-state index is 3.97. The zero-order chi connectivity index (χ0) is 10.1. The molecule has 1 aromatic heterocycles. The van der Waals surface area contributed by atoms with Crippen molar-refractivity contribution in [2.24, 2.45) is 0 Å². The predicted molar refractivity (Wildman–Crippen MR) is 65.0 cm³/mol. The first kappa shape index (κ1) is 11.4. The maximum Gasteiger partial charge on any atom is 0.0371 e. The summed E-state index contributed by atoms with van der Waals surface area (Å²) in [6.07, 6.45) is 9.70. The third kappa shape index (κ3) is 5.12. The molecule has 2 nitrogen and oxygen atoms in total. The molecular formula is C11H18N2S. The third-order valence-electron chi connectivity index (χ3n) is 2.03. The summed E-state index contributed by atoms with van der Waals surface area (Å²) in [6.45, 7) is 1.07. The highest BCUT2D eigenvalue weighted by Gasteiger charge is 1.90. The minimum absolute atomic E-state index is 1.07. The van der Waals surface area contributed by atoms with Crippen LogP contribution in [-0.2, 0) is 0 Å².